The molecule has 1 unspecified atom stereocenters. The number of amides is 1. The molecule has 2 aromatic carbocycles. The number of halogens is 1. The molecule has 0 bridgehead atoms. The van der Waals surface area contributed by atoms with Crippen LogP contribution in [0.5, 0.6) is 5.75 Å². The van der Waals surface area contributed by atoms with Gasteiger partial charge >= 0.3 is 0 Å². The zero-order valence-electron chi connectivity index (χ0n) is 19.4. The van der Waals surface area contributed by atoms with Crippen molar-refractivity contribution in [3.05, 3.63) is 76.2 Å². The highest BCUT2D eigenvalue weighted by Gasteiger charge is 2.45. The first-order valence-corrected chi connectivity index (χ1v) is 11.6. The Kier molecular flexibility index (Phi) is 6.95. The quantitative estimate of drug-likeness (QED) is 0.431. The number of ketones is 1. The normalized spacial score (nSPS) is 16.2. The molecule has 1 amide bonds. The lowest BCUT2D eigenvalue weighted by atomic mass is 9.94. The van der Waals surface area contributed by atoms with E-state index in [0.717, 1.165) is 13.1 Å². The third-order valence-electron chi connectivity index (χ3n) is 6.24. The van der Waals surface area contributed by atoms with Gasteiger partial charge in [0.15, 0.2) is 11.5 Å². The predicted molar refractivity (Wildman–Crippen MR) is 130 cm³/mol. The van der Waals surface area contributed by atoms with Gasteiger partial charge in [0.05, 0.1) is 18.7 Å². The minimum Gasteiger partial charge on any atom is -0.503 e. The van der Waals surface area contributed by atoms with E-state index in [1.807, 2.05) is 26.0 Å². The van der Waals surface area contributed by atoms with Gasteiger partial charge in [-0.2, -0.15) is 0 Å². The Labute approximate surface area is 203 Å². The van der Waals surface area contributed by atoms with Gasteiger partial charge in [0.25, 0.3) is 5.91 Å². The van der Waals surface area contributed by atoms with E-state index in [-0.39, 0.29) is 11.3 Å². The molecule has 4 rings (SSSR count). The zero-order valence-corrected chi connectivity index (χ0v) is 20.1. The molecule has 1 aromatic heterocycles. The van der Waals surface area contributed by atoms with Crippen LogP contribution in [0.4, 0.5) is 0 Å². The summed E-state index contributed by atoms with van der Waals surface area (Å²) in [5.41, 5.74) is 1.08. The summed E-state index contributed by atoms with van der Waals surface area (Å²) in [4.78, 5) is 30.6. The van der Waals surface area contributed by atoms with E-state index in [1.165, 1.54) is 12.0 Å². The summed E-state index contributed by atoms with van der Waals surface area (Å²) in [5.74, 6) is -1.18. The first-order valence-electron chi connectivity index (χ1n) is 11.2. The van der Waals surface area contributed by atoms with Gasteiger partial charge in [-0.25, -0.2) is 0 Å². The summed E-state index contributed by atoms with van der Waals surface area (Å²) >= 11 is 6.07. The Morgan fingerprint density at radius 3 is 2.62 bits per heavy atom. The number of para-hydroxylation sites is 1. The van der Waals surface area contributed by atoms with Crippen LogP contribution in [0.15, 0.2) is 64.3 Å². The van der Waals surface area contributed by atoms with Crippen molar-refractivity contribution in [1.82, 2.24) is 9.80 Å². The number of carbonyl (C=O) groups is 2. The van der Waals surface area contributed by atoms with Crippen molar-refractivity contribution < 1.29 is 23.8 Å². The fourth-order valence-corrected chi connectivity index (χ4v) is 4.56. The molecular weight excluding hydrogens is 456 g/mol. The third kappa shape index (κ3) is 4.29. The Balaban J connectivity index is 1.79. The zero-order chi connectivity index (χ0) is 24.4. The number of carbonyl (C=O) groups excluding carboxylic acids is 2. The number of ether oxygens (including phenoxy) is 1. The Hall–Kier alpha value is -3.29. The SMILES string of the molecule is CCN(CC)CCN1C(=O)C(O)=C(C(=O)c2cc3cc(Cl)ccc3o2)C1c1ccccc1OC. The topological polar surface area (TPSA) is 83.2 Å². The summed E-state index contributed by atoms with van der Waals surface area (Å²) in [5, 5.41) is 12.1. The van der Waals surface area contributed by atoms with Crippen molar-refractivity contribution in [3.63, 3.8) is 0 Å². The fraction of sp³-hybridized carbons (Fsp3) is 0.308. The van der Waals surface area contributed by atoms with Crippen LogP contribution < -0.4 is 4.74 Å². The Morgan fingerprint density at radius 2 is 1.91 bits per heavy atom. The van der Waals surface area contributed by atoms with Crippen LogP contribution >= 0.6 is 11.6 Å². The summed E-state index contributed by atoms with van der Waals surface area (Å²) in [6.45, 7) is 6.67. The van der Waals surface area contributed by atoms with E-state index in [1.54, 1.807) is 36.4 Å². The molecule has 0 aliphatic carbocycles. The maximum absolute atomic E-state index is 13.7. The number of benzene rings is 2. The Morgan fingerprint density at radius 1 is 1.18 bits per heavy atom. The van der Waals surface area contributed by atoms with E-state index in [9.17, 15) is 14.7 Å². The number of aliphatic hydroxyl groups excluding tert-OH is 1. The highest BCUT2D eigenvalue weighted by atomic mass is 35.5. The van der Waals surface area contributed by atoms with Gasteiger partial charge in [0, 0.05) is 29.1 Å². The maximum Gasteiger partial charge on any atom is 0.290 e. The van der Waals surface area contributed by atoms with E-state index in [4.69, 9.17) is 20.8 Å². The van der Waals surface area contributed by atoms with Crippen molar-refractivity contribution >= 4 is 34.3 Å². The molecule has 7 nitrogen and oxygen atoms in total. The van der Waals surface area contributed by atoms with Crippen LogP contribution in [-0.4, -0.2) is 59.9 Å². The number of fused-ring (bicyclic) bond motifs is 1. The van der Waals surface area contributed by atoms with E-state index in [2.05, 4.69) is 4.90 Å². The molecule has 1 N–H and O–H groups in total. The number of furan rings is 1. The van der Waals surface area contributed by atoms with E-state index < -0.39 is 23.5 Å². The number of likely N-dealkylation sites (N-methyl/N-ethyl adjacent to an activating group) is 1. The fourth-order valence-electron chi connectivity index (χ4n) is 4.38. The highest BCUT2D eigenvalue weighted by Crippen LogP contribution is 2.42. The first kappa shape index (κ1) is 23.9. The number of hydrogen-bond donors (Lipinski definition) is 1. The van der Waals surface area contributed by atoms with Gasteiger partial charge < -0.3 is 24.1 Å². The van der Waals surface area contributed by atoms with Crippen molar-refractivity contribution in [2.45, 2.75) is 19.9 Å². The van der Waals surface area contributed by atoms with Gasteiger partial charge in [0.1, 0.15) is 11.3 Å². The molecule has 178 valence electrons. The van der Waals surface area contributed by atoms with Gasteiger partial charge in [-0.05, 0) is 43.4 Å². The van der Waals surface area contributed by atoms with Crippen LogP contribution in [0, 0.1) is 0 Å². The lowest BCUT2D eigenvalue weighted by Gasteiger charge is -2.30. The monoisotopic (exact) mass is 482 g/mol. The van der Waals surface area contributed by atoms with Crippen molar-refractivity contribution in [1.29, 1.82) is 0 Å². The average Bonchev–Trinajstić information content (AvgIpc) is 3.38. The molecule has 0 saturated carbocycles. The summed E-state index contributed by atoms with van der Waals surface area (Å²) in [7, 11) is 1.53. The molecule has 1 aliphatic heterocycles. The lowest BCUT2D eigenvalue weighted by Crippen LogP contribution is -2.38. The van der Waals surface area contributed by atoms with Crippen LogP contribution in [0.2, 0.25) is 5.02 Å². The molecule has 3 aromatic rings. The van der Waals surface area contributed by atoms with Gasteiger partial charge in [-0.3, -0.25) is 9.59 Å². The van der Waals surface area contributed by atoms with Crippen molar-refractivity contribution in [2.24, 2.45) is 0 Å². The minimum atomic E-state index is -0.816. The highest BCUT2D eigenvalue weighted by molar-refractivity contribution is 6.31. The molecule has 1 aliphatic rings. The van der Waals surface area contributed by atoms with Crippen LogP contribution in [0.25, 0.3) is 11.0 Å². The van der Waals surface area contributed by atoms with Crippen LogP contribution in [0.1, 0.15) is 36.0 Å². The molecule has 0 spiro atoms. The smallest absolute Gasteiger partial charge is 0.290 e. The maximum atomic E-state index is 13.7. The minimum absolute atomic E-state index is 0.0251. The van der Waals surface area contributed by atoms with E-state index >= 15 is 0 Å². The number of aliphatic hydroxyl groups is 1. The number of methoxy groups -OCH3 is 1. The molecule has 0 fully saturated rings. The summed E-state index contributed by atoms with van der Waals surface area (Å²) in [6.07, 6.45) is 0. The Bertz CT molecular complexity index is 1260. The average molecular weight is 483 g/mol. The molecule has 0 saturated heterocycles. The van der Waals surface area contributed by atoms with Crippen LogP contribution in [0.3, 0.4) is 0 Å². The van der Waals surface area contributed by atoms with Crippen molar-refractivity contribution in [2.75, 3.05) is 33.3 Å². The first-order chi connectivity index (χ1) is 16.4. The molecular formula is C26H27ClN2O5. The second-order valence-corrected chi connectivity index (χ2v) is 8.49. The number of nitrogens with zero attached hydrogens (tertiary/aromatic N) is 2. The molecule has 1 atom stereocenters. The largest absolute Gasteiger partial charge is 0.503 e. The molecule has 8 heteroatoms. The van der Waals surface area contributed by atoms with Gasteiger partial charge in [-0.1, -0.05) is 43.6 Å². The van der Waals surface area contributed by atoms with E-state index in [0.29, 0.717) is 40.4 Å². The second-order valence-electron chi connectivity index (χ2n) is 8.05. The standard InChI is InChI=1S/C26H27ClN2O5/c1-4-28(5-2)12-13-29-23(18-8-6-7-9-20(18)33-3)22(25(31)26(29)32)24(30)21-15-16-14-17(27)10-11-19(16)34-21/h6-11,14-15,23,31H,4-5,12-13H2,1-3H3. The van der Waals surface area contributed by atoms with Gasteiger partial charge in [-0.15, -0.1) is 0 Å². The molecule has 2 heterocycles. The second kappa shape index (κ2) is 9.91. The number of Topliss-reactive ketones (excluding diaryl/α,β-unsaturated/α-hetero) is 1. The number of hydrogen-bond acceptors (Lipinski definition) is 6. The van der Waals surface area contributed by atoms with Crippen molar-refractivity contribution in [3.8, 4) is 5.75 Å². The number of rotatable bonds is 9. The molecule has 0 radical (unpaired) electrons. The summed E-state index contributed by atoms with van der Waals surface area (Å²) < 4.78 is 11.3. The summed E-state index contributed by atoms with van der Waals surface area (Å²) in [6, 6.07) is 13.0. The lowest BCUT2D eigenvalue weighted by molar-refractivity contribution is -0.129. The third-order valence-corrected chi connectivity index (χ3v) is 6.47. The molecule has 34 heavy (non-hydrogen) atoms. The van der Waals surface area contributed by atoms with Gasteiger partial charge in [0.2, 0.25) is 5.78 Å². The predicted octanol–water partition coefficient (Wildman–Crippen LogP) is 5.01. The van der Waals surface area contributed by atoms with Crippen LogP contribution in [-0.2, 0) is 4.79 Å².